The summed E-state index contributed by atoms with van der Waals surface area (Å²) in [5.41, 5.74) is 3.12. The van der Waals surface area contributed by atoms with Crippen molar-refractivity contribution in [2.24, 2.45) is 0 Å². The van der Waals surface area contributed by atoms with Crippen LogP contribution in [0.4, 0.5) is 0 Å². The first-order valence-corrected chi connectivity index (χ1v) is 6.84. The lowest BCUT2D eigenvalue weighted by atomic mass is 10.2. The minimum atomic E-state index is 1.04. The lowest BCUT2D eigenvalue weighted by Crippen LogP contribution is -2.19. The van der Waals surface area contributed by atoms with E-state index in [4.69, 9.17) is 0 Å². The molecule has 16 heavy (non-hydrogen) atoms. The average Bonchev–Trinajstić information content (AvgIpc) is 2.64. The first-order chi connectivity index (χ1) is 7.74. The van der Waals surface area contributed by atoms with E-state index in [2.05, 4.69) is 29.2 Å². The molecule has 92 valence electrons. The summed E-state index contributed by atoms with van der Waals surface area (Å²) < 4.78 is 0. The molecule has 0 aromatic carbocycles. The summed E-state index contributed by atoms with van der Waals surface area (Å²) in [5, 5.41) is 3.18. The van der Waals surface area contributed by atoms with Gasteiger partial charge < -0.3 is 10.2 Å². The number of thiazole rings is 1. The molecule has 3 nitrogen and oxygen atoms in total. The Morgan fingerprint density at radius 2 is 2.19 bits per heavy atom. The number of rotatable bonds is 8. The number of unbranched alkanes of at least 4 members (excludes halogenated alkanes) is 2. The molecule has 0 fully saturated rings. The molecule has 1 N–H and O–H groups in total. The number of aryl methyl sites for hydroxylation is 1. The van der Waals surface area contributed by atoms with E-state index in [0.29, 0.717) is 0 Å². The molecule has 0 radical (unpaired) electrons. The van der Waals surface area contributed by atoms with Crippen LogP contribution in [0.1, 0.15) is 29.8 Å². The first-order valence-electron chi connectivity index (χ1n) is 5.96. The molecule has 0 aliphatic carbocycles. The van der Waals surface area contributed by atoms with Crippen molar-refractivity contribution >= 4 is 11.3 Å². The maximum Gasteiger partial charge on any atom is 0.0798 e. The molecule has 0 atom stereocenters. The lowest BCUT2D eigenvalue weighted by Gasteiger charge is -2.15. The third-order valence-corrected chi connectivity index (χ3v) is 3.64. The number of nitrogens with one attached hydrogen (secondary N) is 1. The zero-order valence-electron chi connectivity index (χ0n) is 10.6. The topological polar surface area (TPSA) is 28.2 Å². The standard InChI is InChI=1S/C12H23N3S/c1-11-12(16-10-14-11)9-15(3)8-6-4-5-7-13-2/h10,13H,4-9H2,1-3H3. The molecule has 0 aliphatic rings. The van der Waals surface area contributed by atoms with Gasteiger partial charge in [0.05, 0.1) is 11.2 Å². The van der Waals surface area contributed by atoms with Gasteiger partial charge in [0.2, 0.25) is 0 Å². The van der Waals surface area contributed by atoms with Crippen molar-refractivity contribution in [1.82, 2.24) is 15.2 Å². The molecular formula is C12H23N3S. The normalized spacial score (nSPS) is 11.2. The zero-order chi connectivity index (χ0) is 11.8. The van der Waals surface area contributed by atoms with Gasteiger partial charge in [0, 0.05) is 11.4 Å². The van der Waals surface area contributed by atoms with Crippen molar-refractivity contribution in [3.8, 4) is 0 Å². The Morgan fingerprint density at radius 3 is 2.81 bits per heavy atom. The van der Waals surface area contributed by atoms with E-state index in [0.717, 1.165) is 13.1 Å². The van der Waals surface area contributed by atoms with Crippen LogP contribution in [0.3, 0.4) is 0 Å². The van der Waals surface area contributed by atoms with Crippen molar-refractivity contribution in [2.75, 3.05) is 27.2 Å². The van der Waals surface area contributed by atoms with E-state index in [1.165, 1.54) is 36.4 Å². The van der Waals surface area contributed by atoms with Crippen LogP contribution < -0.4 is 5.32 Å². The maximum atomic E-state index is 4.27. The highest BCUT2D eigenvalue weighted by atomic mass is 32.1. The quantitative estimate of drug-likeness (QED) is 0.708. The van der Waals surface area contributed by atoms with Crippen LogP contribution >= 0.6 is 11.3 Å². The van der Waals surface area contributed by atoms with Crippen molar-refractivity contribution in [1.29, 1.82) is 0 Å². The van der Waals surface area contributed by atoms with Crippen LogP contribution in [0.15, 0.2) is 5.51 Å². The molecule has 1 aromatic heterocycles. The molecule has 0 amide bonds. The largest absolute Gasteiger partial charge is 0.320 e. The second-order valence-corrected chi connectivity index (χ2v) is 5.20. The Balaban J connectivity index is 2.11. The van der Waals surface area contributed by atoms with Crippen molar-refractivity contribution < 1.29 is 0 Å². The molecule has 1 heterocycles. The Kier molecular flexibility index (Phi) is 6.61. The van der Waals surface area contributed by atoms with E-state index >= 15 is 0 Å². The molecule has 0 bridgehead atoms. The highest BCUT2D eigenvalue weighted by Crippen LogP contribution is 2.14. The number of aromatic nitrogens is 1. The zero-order valence-corrected chi connectivity index (χ0v) is 11.4. The van der Waals surface area contributed by atoms with Gasteiger partial charge in [-0.2, -0.15) is 0 Å². The Bertz CT molecular complexity index is 286. The third-order valence-electron chi connectivity index (χ3n) is 2.72. The molecule has 4 heteroatoms. The van der Waals surface area contributed by atoms with E-state index < -0.39 is 0 Å². The van der Waals surface area contributed by atoms with Gasteiger partial charge in [0.15, 0.2) is 0 Å². The van der Waals surface area contributed by atoms with Gasteiger partial charge in [-0.05, 0) is 47.0 Å². The second-order valence-electron chi connectivity index (χ2n) is 4.26. The van der Waals surface area contributed by atoms with Crippen molar-refractivity contribution in [3.05, 3.63) is 16.1 Å². The molecule has 0 aliphatic heterocycles. The highest BCUT2D eigenvalue weighted by molar-refractivity contribution is 7.09. The summed E-state index contributed by atoms with van der Waals surface area (Å²) in [5.74, 6) is 0. The predicted molar refractivity (Wildman–Crippen MR) is 71.0 cm³/mol. The second kappa shape index (κ2) is 7.76. The van der Waals surface area contributed by atoms with Gasteiger partial charge in [-0.15, -0.1) is 11.3 Å². The SMILES string of the molecule is CNCCCCCN(C)Cc1scnc1C. The highest BCUT2D eigenvalue weighted by Gasteiger charge is 2.04. The monoisotopic (exact) mass is 241 g/mol. The molecule has 1 rings (SSSR count). The van der Waals surface area contributed by atoms with Gasteiger partial charge in [-0.1, -0.05) is 6.42 Å². The van der Waals surface area contributed by atoms with E-state index in [9.17, 15) is 0 Å². The maximum absolute atomic E-state index is 4.27. The van der Waals surface area contributed by atoms with Crippen LogP contribution in [-0.4, -0.2) is 37.1 Å². The Hall–Kier alpha value is -0.450. The van der Waals surface area contributed by atoms with Crippen LogP contribution in [0.5, 0.6) is 0 Å². The van der Waals surface area contributed by atoms with Crippen LogP contribution in [0.25, 0.3) is 0 Å². The minimum Gasteiger partial charge on any atom is -0.320 e. The number of nitrogens with zero attached hydrogens (tertiary/aromatic N) is 2. The van der Waals surface area contributed by atoms with E-state index in [-0.39, 0.29) is 0 Å². The number of hydrogen-bond acceptors (Lipinski definition) is 4. The van der Waals surface area contributed by atoms with Gasteiger partial charge in [-0.3, -0.25) is 0 Å². The summed E-state index contributed by atoms with van der Waals surface area (Å²) in [6, 6.07) is 0. The van der Waals surface area contributed by atoms with E-state index in [1.54, 1.807) is 11.3 Å². The molecule has 1 aromatic rings. The van der Waals surface area contributed by atoms with Gasteiger partial charge in [0.25, 0.3) is 0 Å². The van der Waals surface area contributed by atoms with Crippen LogP contribution in [-0.2, 0) is 6.54 Å². The molecule has 0 saturated carbocycles. The van der Waals surface area contributed by atoms with Gasteiger partial charge in [0.1, 0.15) is 0 Å². The summed E-state index contributed by atoms with van der Waals surface area (Å²) in [4.78, 5) is 8.06. The molecule has 0 unspecified atom stereocenters. The van der Waals surface area contributed by atoms with Crippen LogP contribution in [0.2, 0.25) is 0 Å². The fraction of sp³-hybridized carbons (Fsp3) is 0.750. The lowest BCUT2D eigenvalue weighted by molar-refractivity contribution is 0.319. The fourth-order valence-corrected chi connectivity index (χ4v) is 2.52. The van der Waals surface area contributed by atoms with Crippen molar-refractivity contribution in [3.63, 3.8) is 0 Å². The summed E-state index contributed by atoms with van der Waals surface area (Å²) in [6.45, 7) is 5.45. The Labute approximate surface area is 103 Å². The fourth-order valence-electron chi connectivity index (χ4n) is 1.66. The summed E-state index contributed by atoms with van der Waals surface area (Å²) >= 11 is 1.76. The van der Waals surface area contributed by atoms with Crippen LogP contribution in [0, 0.1) is 6.92 Å². The average molecular weight is 241 g/mol. The Morgan fingerprint density at radius 1 is 1.38 bits per heavy atom. The summed E-state index contributed by atoms with van der Waals surface area (Å²) in [7, 11) is 4.20. The molecule has 0 saturated heterocycles. The smallest absolute Gasteiger partial charge is 0.0798 e. The molecule has 0 spiro atoms. The third kappa shape index (κ3) is 5.05. The summed E-state index contributed by atoms with van der Waals surface area (Å²) in [6.07, 6.45) is 3.88. The molecular weight excluding hydrogens is 218 g/mol. The predicted octanol–water partition coefficient (Wildman–Crippen LogP) is 2.27. The minimum absolute atomic E-state index is 1.04. The van der Waals surface area contributed by atoms with Crippen molar-refractivity contribution in [2.45, 2.75) is 32.7 Å². The van der Waals surface area contributed by atoms with Gasteiger partial charge >= 0.3 is 0 Å². The first kappa shape index (κ1) is 13.6. The van der Waals surface area contributed by atoms with E-state index in [1.807, 2.05) is 12.6 Å². The number of hydrogen-bond donors (Lipinski definition) is 1. The van der Waals surface area contributed by atoms with Gasteiger partial charge in [-0.25, -0.2) is 4.98 Å².